The number of benzene rings is 1. The summed E-state index contributed by atoms with van der Waals surface area (Å²) in [5.41, 5.74) is 12.6. The molecule has 0 aliphatic carbocycles. The maximum absolute atomic E-state index is 13.0. The van der Waals surface area contributed by atoms with Crippen LogP contribution in [-0.2, 0) is 4.79 Å². The molecule has 5 N–H and O–H groups in total. The van der Waals surface area contributed by atoms with Crippen molar-refractivity contribution in [3.05, 3.63) is 35.2 Å². The first kappa shape index (κ1) is 16.9. The Kier molecular flexibility index (Phi) is 7.16. The van der Waals surface area contributed by atoms with Crippen LogP contribution < -0.4 is 16.8 Å². The molecule has 0 aromatic heterocycles. The van der Waals surface area contributed by atoms with Gasteiger partial charge in [-0.3, -0.25) is 4.79 Å². The molecule has 1 rings (SSSR count). The van der Waals surface area contributed by atoms with Crippen LogP contribution in [0, 0.1) is 11.8 Å². The lowest BCUT2D eigenvalue weighted by Gasteiger charge is -2.07. The van der Waals surface area contributed by atoms with Crippen molar-refractivity contribution in [1.29, 1.82) is 0 Å². The van der Waals surface area contributed by atoms with Crippen LogP contribution in [0.15, 0.2) is 24.0 Å². The SMILES string of the molecule is C/C(F)=C\c1ccc(NC(=O)CCCN)cc1C#CCN. The van der Waals surface area contributed by atoms with Gasteiger partial charge in [-0.2, -0.15) is 0 Å². The number of nitrogens with one attached hydrogen (secondary N) is 1. The van der Waals surface area contributed by atoms with E-state index >= 15 is 0 Å². The van der Waals surface area contributed by atoms with Crippen LogP contribution in [0.3, 0.4) is 0 Å². The van der Waals surface area contributed by atoms with E-state index in [0.717, 1.165) is 0 Å². The minimum atomic E-state index is -0.314. The highest BCUT2D eigenvalue weighted by atomic mass is 19.1. The zero-order valence-electron chi connectivity index (χ0n) is 12.1. The van der Waals surface area contributed by atoms with E-state index in [9.17, 15) is 9.18 Å². The molecule has 0 saturated heterocycles. The predicted octanol–water partition coefficient (Wildman–Crippen LogP) is 2.00. The minimum absolute atomic E-state index is 0.108. The van der Waals surface area contributed by atoms with Crippen molar-refractivity contribution in [2.45, 2.75) is 19.8 Å². The highest BCUT2D eigenvalue weighted by Gasteiger charge is 2.05. The Bertz CT molecular complexity index is 581. The Balaban J connectivity index is 2.98. The molecule has 112 valence electrons. The largest absolute Gasteiger partial charge is 0.330 e. The average Bonchev–Trinajstić information content (AvgIpc) is 2.44. The number of carbonyl (C=O) groups is 1. The van der Waals surface area contributed by atoms with Crippen molar-refractivity contribution in [3.8, 4) is 11.8 Å². The van der Waals surface area contributed by atoms with Crippen molar-refractivity contribution < 1.29 is 9.18 Å². The number of nitrogens with two attached hydrogens (primary N) is 2. The van der Waals surface area contributed by atoms with Crippen LogP contribution in [0.4, 0.5) is 10.1 Å². The van der Waals surface area contributed by atoms with E-state index in [4.69, 9.17) is 11.5 Å². The monoisotopic (exact) mass is 289 g/mol. The average molecular weight is 289 g/mol. The van der Waals surface area contributed by atoms with Gasteiger partial charge in [0.05, 0.1) is 12.4 Å². The van der Waals surface area contributed by atoms with Crippen molar-refractivity contribution in [2.24, 2.45) is 11.5 Å². The third-order valence-corrected chi connectivity index (χ3v) is 2.62. The van der Waals surface area contributed by atoms with E-state index in [1.165, 1.54) is 13.0 Å². The van der Waals surface area contributed by atoms with Crippen LogP contribution >= 0.6 is 0 Å². The standard InChI is InChI=1S/C16H20FN3O/c1-12(17)10-14-6-7-15(11-13(14)4-2-8-18)20-16(21)5-3-9-19/h6-7,10-11H,3,5,8-9,18-19H2,1H3,(H,20,21)/b12-10+. The smallest absolute Gasteiger partial charge is 0.224 e. The van der Waals surface area contributed by atoms with Gasteiger partial charge in [-0.05, 0) is 43.7 Å². The second kappa shape index (κ2) is 8.90. The van der Waals surface area contributed by atoms with Gasteiger partial charge < -0.3 is 16.8 Å². The molecule has 4 nitrogen and oxygen atoms in total. The number of amides is 1. The minimum Gasteiger partial charge on any atom is -0.330 e. The summed E-state index contributed by atoms with van der Waals surface area (Å²) in [6.07, 6.45) is 2.39. The molecule has 0 fully saturated rings. The Labute approximate surface area is 124 Å². The molecule has 0 unspecified atom stereocenters. The summed E-state index contributed by atoms with van der Waals surface area (Å²) < 4.78 is 13.0. The predicted molar refractivity (Wildman–Crippen MR) is 84.1 cm³/mol. The fourth-order valence-corrected chi connectivity index (χ4v) is 1.71. The molecule has 0 spiro atoms. The van der Waals surface area contributed by atoms with Gasteiger partial charge in [0, 0.05) is 17.7 Å². The van der Waals surface area contributed by atoms with Crippen molar-refractivity contribution in [2.75, 3.05) is 18.4 Å². The molecule has 0 atom stereocenters. The van der Waals surface area contributed by atoms with E-state index in [1.807, 2.05) is 0 Å². The number of hydrogen-bond donors (Lipinski definition) is 3. The van der Waals surface area contributed by atoms with E-state index in [-0.39, 0.29) is 18.3 Å². The first-order valence-electron chi connectivity index (χ1n) is 6.73. The maximum Gasteiger partial charge on any atom is 0.224 e. The molecule has 21 heavy (non-hydrogen) atoms. The fourth-order valence-electron chi connectivity index (χ4n) is 1.71. The Morgan fingerprint density at radius 2 is 2.19 bits per heavy atom. The number of hydrogen-bond acceptors (Lipinski definition) is 3. The van der Waals surface area contributed by atoms with Gasteiger partial charge in [-0.1, -0.05) is 17.9 Å². The lowest BCUT2D eigenvalue weighted by Crippen LogP contribution is -2.13. The molecule has 1 aromatic rings. The number of halogens is 1. The molecule has 1 aromatic carbocycles. The van der Waals surface area contributed by atoms with Gasteiger partial charge in [-0.25, -0.2) is 4.39 Å². The van der Waals surface area contributed by atoms with E-state index in [0.29, 0.717) is 36.2 Å². The van der Waals surface area contributed by atoms with E-state index in [1.54, 1.807) is 18.2 Å². The van der Waals surface area contributed by atoms with Crippen molar-refractivity contribution in [1.82, 2.24) is 0 Å². The summed E-state index contributed by atoms with van der Waals surface area (Å²) in [6.45, 7) is 2.05. The van der Waals surface area contributed by atoms with Crippen molar-refractivity contribution in [3.63, 3.8) is 0 Å². The van der Waals surface area contributed by atoms with Gasteiger partial charge in [0.15, 0.2) is 0 Å². The Morgan fingerprint density at radius 1 is 1.43 bits per heavy atom. The van der Waals surface area contributed by atoms with Gasteiger partial charge in [0.25, 0.3) is 0 Å². The van der Waals surface area contributed by atoms with Crippen LogP contribution in [0.2, 0.25) is 0 Å². The molecule has 0 aliphatic heterocycles. The molecule has 0 radical (unpaired) electrons. The molecule has 0 saturated carbocycles. The molecule has 0 aliphatic rings. The van der Waals surface area contributed by atoms with Crippen LogP contribution in [0.25, 0.3) is 6.08 Å². The lowest BCUT2D eigenvalue weighted by molar-refractivity contribution is -0.116. The number of carbonyl (C=O) groups excluding carboxylic acids is 1. The zero-order valence-corrected chi connectivity index (χ0v) is 12.1. The summed E-state index contributed by atoms with van der Waals surface area (Å²) >= 11 is 0. The first-order valence-corrected chi connectivity index (χ1v) is 6.73. The molecular weight excluding hydrogens is 269 g/mol. The van der Waals surface area contributed by atoms with Gasteiger partial charge >= 0.3 is 0 Å². The van der Waals surface area contributed by atoms with Gasteiger partial charge in [0.1, 0.15) is 0 Å². The lowest BCUT2D eigenvalue weighted by atomic mass is 10.1. The number of rotatable bonds is 5. The normalized spacial score (nSPS) is 10.8. The topological polar surface area (TPSA) is 81.1 Å². The second-order valence-electron chi connectivity index (χ2n) is 4.48. The highest BCUT2D eigenvalue weighted by Crippen LogP contribution is 2.18. The maximum atomic E-state index is 13.0. The Morgan fingerprint density at radius 3 is 2.81 bits per heavy atom. The summed E-state index contributed by atoms with van der Waals surface area (Å²) in [5.74, 6) is 5.18. The number of allylic oxidation sites excluding steroid dienone is 1. The van der Waals surface area contributed by atoms with E-state index in [2.05, 4.69) is 17.2 Å². The fraction of sp³-hybridized carbons (Fsp3) is 0.312. The molecular formula is C16H20FN3O. The summed E-state index contributed by atoms with van der Waals surface area (Å²) in [5, 5.41) is 2.77. The highest BCUT2D eigenvalue weighted by molar-refractivity contribution is 5.91. The molecule has 0 bridgehead atoms. The summed E-state index contributed by atoms with van der Waals surface area (Å²) in [7, 11) is 0. The Hall–Kier alpha value is -2.16. The zero-order chi connectivity index (χ0) is 15.7. The summed E-state index contributed by atoms with van der Waals surface area (Å²) in [6, 6.07) is 5.13. The third-order valence-electron chi connectivity index (χ3n) is 2.62. The van der Waals surface area contributed by atoms with Crippen LogP contribution in [-0.4, -0.2) is 19.0 Å². The van der Waals surface area contributed by atoms with Gasteiger partial charge in [0.2, 0.25) is 5.91 Å². The van der Waals surface area contributed by atoms with Gasteiger partial charge in [-0.15, -0.1) is 0 Å². The first-order chi connectivity index (χ1) is 10.1. The van der Waals surface area contributed by atoms with E-state index < -0.39 is 0 Å². The molecule has 0 heterocycles. The molecule has 5 heteroatoms. The molecule has 1 amide bonds. The third kappa shape index (κ3) is 6.21. The van der Waals surface area contributed by atoms with Crippen LogP contribution in [0.1, 0.15) is 30.9 Å². The van der Waals surface area contributed by atoms with Crippen LogP contribution in [0.5, 0.6) is 0 Å². The van der Waals surface area contributed by atoms with Crippen molar-refractivity contribution >= 4 is 17.7 Å². The number of anilines is 1. The quantitative estimate of drug-likeness (QED) is 0.725. The summed E-state index contributed by atoms with van der Waals surface area (Å²) in [4.78, 5) is 11.7. The second-order valence-corrected chi connectivity index (χ2v) is 4.48.